The zero-order chi connectivity index (χ0) is 28.3. The van der Waals surface area contributed by atoms with Gasteiger partial charge < -0.3 is 10.6 Å². The normalized spacial score (nSPS) is 14.4. The molecule has 3 N–H and O–H groups in total. The van der Waals surface area contributed by atoms with Gasteiger partial charge >= 0.3 is 0 Å². The topological polar surface area (TPSA) is 121 Å². The second-order valence-corrected chi connectivity index (χ2v) is 11.8. The van der Waals surface area contributed by atoms with Gasteiger partial charge in [0.25, 0.3) is 16.0 Å². The summed E-state index contributed by atoms with van der Waals surface area (Å²) in [5.74, 6) is -1.78. The summed E-state index contributed by atoms with van der Waals surface area (Å²) in [5.41, 5.74) is 7.22. The monoisotopic (exact) mass is 581 g/mol. The van der Waals surface area contributed by atoms with E-state index in [0.717, 1.165) is 36.0 Å². The molecule has 38 heavy (non-hydrogen) atoms. The first-order valence-electron chi connectivity index (χ1n) is 12.0. The number of hydrogen-bond acceptors (Lipinski definition) is 7. The number of halogens is 1. The lowest BCUT2D eigenvalue weighted by Gasteiger charge is -2.19. The molecule has 0 bridgehead atoms. The highest BCUT2D eigenvalue weighted by molar-refractivity contribution is 8.26. The lowest BCUT2D eigenvalue weighted by molar-refractivity contribution is -0.121. The van der Waals surface area contributed by atoms with Crippen molar-refractivity contribution in [2.24, 2.45) is 5.73 Å². The highest BCUT2D eigenvalue weighted by Crippen LogP contribution is 2.32. The van der Waals surface area contributed by atoms with E-state index in [9.17, 15) is 22.4 Å². The number of carbonyl (C=O) groups is 2. The molecule has 0 aliphatic carbocycles. The standard InChI is InChI=1S/C19H26N2O4S3.C7H6FNO/c1-3-4-5-6-11-20(2)16-9-7-15(8-10-16)14-17-18(22)21(19(26)27-17)12-13-28(23,24)25;8-6-3-1-5(2-4-6)7(9)10/h7-10,14H,3-6,11-13H2,1-2H3,(H,23,24,25);1-4H,(H2,9,10). The lowest BCUT2D eigenvalue weighted by Crippen LogP contribution is -2.32. The molecule has 0 atom stereocenters. The number of carbonyl (C=O) groups excluding carboxylic acids is 2. The summed E-state index contributed by atoms with van der Waals surface area (Å²) in [6.07, 6.45) is 6.63. The molecule has 1 fully saturated rings. The molecule has 2 aromatic rings. The Bertz CT molecular complexity index is 1250. The van der Waals surface area contributed by atoms with Crippen molar-refractivity contribution in [1.82, 2.24) is 4.90 Å². The molecule has 0 unspecified atom stereocenters. The number of nitrogens with two attached hydrogens (primary N) is 1. The summed E-state index contributed by atoms with van der Waals surface area (Å²) in [5, 5.41) is 0. The highest BCUT2D eigenvalue weighted by Gasteiger charge is 2.32. The molecular formula is C26H32FN3O5S3. The van der Waals surface area contributed by atoms with Crippen LogP contribution in [0, 0.1) is 5.82 Å². The van der Waals surface area contributed by atoms with Crippen LogP contribution in [-0.4, -0.2) is 59.9 Å². The maximum absolute atomic E-state index is 12.4. The summed E-state index contributed by atoms with van der Waals surface area (Å²) in [6, 6.07) is 13.0. The number of nitrogens with zero attached hydrogens (tertiary/aromatic N) is 2. The van der Waals surface area contributed by atoms with Crippen molar-refractivity contribution in [1.29, 1.82) is 0 Å². The summed E-state index contributed by atoms with van der Waals surface area (Å²) >= 11 is 6.29. The van der Waals surface area contributed by atoms with Crippen LogP contribution in [0.5, 0.6) is 0 Å². The fourth-order valence-corrected chi connectivity index (χ4v) is 5.12. The fraction of sp³-hybridized carbons (Fsp3) is 0.346. The lowest BCUT2D eigenvalue weighted by atomic mass is 10.1. The molecule has 2 aromatic carbocycles. The molecule has 0 aromatic heterocycles. The van der Waals surface area contributed by atoms with E-state index in [1.165, 1.54) is 48.4 Å². The number of rotatable bonds is 11. The Labute approximate surface area is 232 Å². The summed E-state index contributed by atoms with van der Waals surface area (Å²) in [4.78, 5) is 26.7. The maximum Gasteiger partial charge on any atom is 0.266 e. The second-order valence-electron chi connectivity index (χ2n) is 8.56. The van der Waals surface area contributed by atoms with E-state index < -0.39 is 21.8 Å². The van der Waals surface area contributed by atoms with Crippen LogP contribution in [0.25, 0.3) is 6.08 Å². The molecule has 1 aliphatic heterocycles. The number of unbranched alkanes of at least 4 members (excludes halogenated alkanes) is 3. The first-order chi connectivity index (χ1) is 17.9. The number of thiocarbonyl (C=S) groups is 1. The van der Waals surface area contributed by atoms with Crippen molar-refractivity contribution >= 4 is 62.0 Å². The molecule has 0 saturated carbocycles. The average Bonchev–Trinajstić information content (AvgIpc) is 3.13. The molecule has 8 nitrogen and oxygen atoms in total. The predicted molar refractivity (Wildman–Crippen MR) is 155 cm³/mol. The Morgan fingerprint density at radius 1 is 1.13 bits per heavy atom. The van der Waals surface area contributed by atoms with E-state index in [4.69, 9.17) is 22.5 Å². The molecule has 1 saturated heterocycles. The minimum Gasteiger partial charge on any atom is -0.375 e. The van der Waals surface area contributed by atoms with Crippen LogP contribution in [0.2, 0.25) is 0 Å². The van der Waals surface area contributed by atoms with Crippen LogP contribution < -0.4 is 10.6 Å². The fourth-order valence-electron chi connectivity index (χ4n) is 3.39. The Hall–Kier alpha value is -2.80. The van der Waals surface area contributed by atoms with Gasteiger partial charge in [-0.05, 0) is 54.5 Å². The Balaban J connectivity index is 0.000000423. The molecule has 12 heteroatoms. The van der Waals surface area contributed by atoms with Gasteiger partial charge in [0.2, 0.25) is 5.91 Å². The zero-order valence-electron chi connectivity index (χ0n) is 21.3. The predicted octanol–water partition coefficient (Wildman–Crippen LogP) is 4.72. The number of amides is 2. The van der Waals surface area contributed by atoms with Crippen LogP contribution in [0.15, 0.2) is 53.4 Å². The van der Waals surface area contributed by atoms with Gasteiger partial charge in [0.15, 0.2) is 0 Å². The molecule has 2 amide bonds. The van der Waals surface area contributed by atoms with Crippen LogP contribution in [0.4, 0.5) is 10.1 Å². The number of hydrogen-bond donors (Lipinski definition) is 2. The van der Waals surface area contributed by atoms with Crippen LogP contribution in [0.3, 0.4) is 0 Å². The maximum atomic E-state index is 12.4. The summed E-state index contributed by atoms with van der Waals surface area (Å²) in [7, 11) is -2.07. The number of primary amides is 1. The quantitative estimate of drug-likeness (QED) is 0.169. The molecule has 1 heterocycles. The van der Waals surface area contributed by atoms with E-state index in [-0.39, 0.29) is 18.3 Å². The highest BCUT2D eigenvalue weighted by atomic mass is 32.2. The first-order valence-corrected chi connectivity index (χ1v) is 14.8. The van der Waals surface area contributed by atoms with Gasteiger partial charge in [0, 0.05) is 31.4 Å². The average molecular weight is 582 g/mol. The van der Waals surface area contributed by atoms with Gasteiger partial charge in [-0.2, -0.15) is 8.42 Å². The van der Waals surface area contributed by atoms with Crippen LogP contribution in [-0.2, 0) is 14.9 Å². The van der Waals surface area contributed by atoms with Gasteiger partial charge in [-0.3, -0.25) is 19.0 Å². The van der Waals surface area contributed by atoms with Crippen LogP contribution >= 0.6 is 24.0 Å². The third kappa shape index (κ3) is 10.5. The molecule has 0 radical (unpaired) electrons. The molecule has 3 rings (SSSR count). The van der Waals surface area contributed by atoms with Gasteiger partial charge in [-0.25, -0.2) is 4.39 Å². The summed E-state index contributed by atoms with van der Waals surface area (Å²) in [6.45, 7) is 3.05. The second kappa shape index (κ2) is 15.0. The zero-order valence-corrected chi connectivity index (χ0v) is 23.8. The third-order valence-electron chi connectivity index (χ3n) is 5.55. The van der Waals surface area contributed by atoms with Crippen molar-refractivity contribution < 1.29 is 27.0 Å². The number of anilines is 1. The number of benzene rings is 2. The molecule has 0 spiro atoms. The largest absolute Gasteiger partial charge is 0.375 e. The Kier molecular flexibility index (Phi) is 12.4. The molecule has 1 aliphatic rings. The van der Waals surface area contributed by atoms with E-state index in [2.05, 4.69) is 18.9 Å². The van der Waals surface area contributed by atoms with Crippen molar-refractivity contribution in [2.75, 3.05) is 30.8 Å². The van der Waals surface area contributed by atoms with Gasteiger partial charge in [0.05, 0.1) is 10.7 Å². The minimum absolute atomic E-state index is 0.150. The van der Waals surface area contributed by atoms with Crippen molar-refractivity contribution in [2.45, 2.75) is 32.6 Å². The van der Waals surface area contributed by atoms with E-state index in [1.54, 1.807) is 6.08 Å². The third-order valence-corrected chi connectivity index (χ3v) is 7.63. The number of thioether (sulfide) groups is 1. The van der Waals surface area contributed by atoms with Gasteiger partial charge in [0.1, 0.15) is 10.1 Å². The Morgan fingerprint density at radius 2 is 1.76 bits per heavy atom. The Morgan fingerprint density at radius 3 is 2.32 bits per heavy atom. The SMILES string of the molecule is CCCCCCN(C)c1ccc(C=C2SC(=S)N(CCS(=O)(=O)O)C2=O)cc1.NC(=O)c1ccc(F)cc1. The molecular weight excluding hydrogens is 550 g/mol. The smallest absolute Gasteiger partial charge is 0.266 e. The van der Waals surface area contributed by atoms with E-state index in [0.29, 0.717) is 14.8 Å². The van der Waals surface area contributed by atoms with E-state index >= 15 is 0 Å². The molecule has 206 valence electrons. The van der Waals surface area contributed by atoms with E-state index in [1.807, 2.05) is 24.3 Å². The summed E-state index contributed by atoms with van der Waals surface area (Å²) < 4.78 is 43.2. The van der Waals surface area contributed by atoms with Crippen molar-refractivity contribution in [3.8, 4) is 0 Å². The van der Waals surface area contributed by atoms with Crippen LogP contribution in [0.1, 0.15) is 48.5 Å². The van der Waals surface area contributed by atoms with Crippen molar-refractivity contribution in [3.05, 3.63) is 70.4 Å². The van der Waals surface area contributed by atoms with Gasteiger partial charge in [-0.15, -0.1) is 0 Å². The first kappa shape index (κ1) is 31.4. The van der Waals surface area contributed by atoms with Gasteiger partial charge in [-0.1, -0.05) is 62.3 Å². The minimum atomic E-state index is -4.14. The van der Waals surface area contributed by atoms with Crippen molar-refractivity contribution in [3.63, 3.8) is 0 Å².